The maximum absolute atomic E-state index is 11.6. The first-order chi connectivity index (χ1) is 8.44. The molecule has 8 heteroatoms. The van der Waals surface area contributed by atoms with Crippen LogP contribution in [0.2, 0.25) is 0 Å². The van der Waals surface area contributed by atoms with E-state index in [1.165, 1.54) is 17.1 Å². The summed E-state index contributed by atoms with van der Waals surface area (Å²) in [7, 11) is -4.00. The Morgan fingerprint density at radius 1 is 1.56 bits per heavy atom. The van der Waals surface area contributed by atoms with Crippen LogP contribution < -0.4 is 10.00 Å². The van der Waals surface area contributed by atoms with E-state index in [0.29, 0.717) is 5.56 Å². The van der Waals surface area contributed by atoms with E-state index in [-0.39, 0.29) is 18.5 Å². The predicted molar refractivity (Wildman–Crippen MR) is 61.3 cm³/mol. The van der Waals surface area contributed by atoms with Crippen LogP contribution in [0.1, 0.15) is 23.2 Å². The lowest BCUT2D eigenvalue weighted by Gasteiger charge is -2.01. The molecular formula is C10H14N3O4S+. The Labute approximate surface area is 105 Å². The number of hydrogen-bond donors (Lipinski definition) is 2. The number of rotatable bonds is 5. The highest BCUT2D eigenvalue weighted by atomic mass is 32.2. The van der Waals surface area contributed by atoms with Gasteiger partial charge in [0.15, 0.2) is 12.7 Å². The summed E-state index contributed by atoms with van der Waals surface area (Å²) in [5.74, 6) is -0.579. The van der Waals surface area contributed by atoms with Gasteiger partial charge in [-0.05, 0) is 17.9 Å². The summed E-state index contributed by atoms with van der Waals surface area (Å²) in [5, 5.41) is 6.73. The Morgan fingerprint density at radius 2 is 2.28 bits per heavy atom. The second-order valence-corrected chi connectivity index (χ2v) is 5.78. The molecule has 1 amide bonds. The van der Waals surface area contributed by atoms with Crippen molar-refractivity contribution in [2.45, 2.75) is 25.4 Å². The minimum atomic E-state index is -4.00. The monoisotopic (exact) mass is 272 g/mol. The van der Waals surface area contributed by atoms with E-state index >= 15 is 0 Å². The van der Waals surface area contributed by atoms with Gasteiger partial charge in [-0.2, -0.15) is 8.42 Å². The summed E-state index contributed by atoms with van der Waals surface area (Å²) >= 11 is 0. The molecule has 1 aromatic rings. The number of amides is 1. The lowest BCUT2D eigenvalue weighted by molar-refractivity contribution is -0.750. The SMILES string of the molecule is O=C(NC1CC1)c1cc[n+](CCS(=O)(=O)O)nc1. The zero-order chi connectivity index (χ0) is 13.2. The molecule has 0 aromatic carbocycles. The molecule has 7 nitrogen and oxygen atoms in total. The average Bonchev–Trinajstić information content (AvgIpc) is 3.10. The third-order valence-electron chi connectivity index (χ3n) is 2.52. The maximum atomic E-state index is 11.6. The summed E-state index contributed by atoms with van der Waals surface area (Å²) in [5.41, 5.74) is 0.435. The van der Waals surface area contributed by atoms with E-state index in [2.05, 4.69) is 10.4 Å². The third kappa shape index (κ3) is 4.04. The van der Waals surface area contributed by atoms with Crippen molar-refractivity contribution in [2.24, 2.45) is 0 Å². The molecule has 1 aliphatic carbocycles. The molecule has 0 bridgehead atoms. The van der Waals surface area contributed by atoms with Gasteiger partial charge < -0.3 is 5.32 Å². The minimum Gasteiger partial charge on any atom is -0.349 e. The fraction of sp³-hybridized carbons (Fsp3) is 0.500. The molecule has 0 radical (unpaired) electrons. The van der Waals surface area contributed by atoms with E-state index in [4.69, 9.17) is 4.55 Å². The summed E-state index contributed by atoms with van der Waals surface area (Å²) in [4.78, 5) is 11.6. The van der Waals surface area contributed by atoms with Crippen molar-refractivity contribution in [1.29, 1.82) is 0 Å². The van der Waals surface area contributed by atoms with Crippen molar-refractivity contribution in [3.63, 3.8) is 0 Å². The van der Waals surface area contributed by atoms with Crippen molar-refractivity contribution in [3.05, 3.63) is 24.0 Å². The number of carbonyl (C=O) groups excluding carboxylic acids is 1. The highest BCUT2D eigenvalue weighted by molar-refractivity contribution is 7.85. The van der Waals surface area contributed by atoms with Crippen LogP contribution >= 0.6 is 0 Å². The fourth-order valence-corrected chi connectivity index (χ4v) is 1.77. The van der Waals surface area contributed by atoms with Crippen molar-refractivity contribution < 1.29 is 22.4 Å². The number of nitrogens with one attached hydrogen (secondary N) is 1. The average molecular weight is 272 g/mol. The summed E-state index contributed by atoms with van der Waals surface area (Å²) in [6.45, 7) is 0.0450. The van der Waals surface area contributed by atoms with Gasteiger partial charge in [-0.3, -0.25) is 9.35 Å². The standard InChI is InChI=1S/C10H13N3O4S/c14-10(12-9-1-2-9)8-3-4-13(11-7-8)5-6-18(15,16)17/h3-4,7,9H,1-2,5-6H2,(H-,12,14,15,16,17)/p+1. The van der Waals surface area contributed by atoms with E-state index < -0.39 is 15.9 Å². The minimum absolute atomic E-state index is 0.0450. The van der Waals surface area contributed by atoms with Gasteiger partial charge in [-0.15, -0.1) is 0 Å². The second-order valence-electron chi connectivity index (χ2n) is 4.21. The highest BCUT2D eigenvalue weighted by Crippen LogP contribution is 2.18. The number of nitrogens with zero attached hydrogens (tertiary/aromatic N) is 2. The van der Waals surface area contributed by atoms with Crippen LogP contribution in [0.25, 0.3) is 0 Å². The zero-order valence-corrected chi connectivity index (χ0v) is 10.4. The van der Waals surface area contributed by atoms with E-state index in [1.54, 1.807) is 6.07 Å². The third-order valence-corrected chi connectivity index (χ3v) is 3.22. The molecule has 18 heavy (non-hydrogen) atoms. The molecule has 2 rings (SSSR count). The van der Waals surface area contributed by atoms with Crippen LogP contribution in [0.15, 0.2) is 18.5 Å². The molecule has 0 spiro atoms. The molecule has 98 valence electrons. The van der Waals surface area contributed by atoms with Gasteiger partial charge in [-0.25, -0.2) is 0 Å². The molecule has 0 unspecified atom stereocenters. The Kier molecular flexibility index (Phi) is 3.58. The summed E-state index contributed by atoms with van der Waals surface area (Å²) in [6.07, 6.45) is 4.91. The molecule has 1 aliphatic rings. The number of aryl methyl sites for hydroxylation is 1. The van der Waals surface area contributed by atoms with Crippen LogP contribution in [0.3, 0.4) is 0 Å². The first-order valence-electron chi connectivity index (χ1n) is 5.56. The number of hydrogen-bond acceptors (Lipinski definition) is 4. The topological polar surface area (TPSA) is 100 Å². The van der Waals surface area contributed by atoms with E-state index in [9.17, 15) is 13.2 Å². The summed E-state index contributed by atoms with van der Waals surface area (Å²) < 4.78 is 31.1. The lowest BCUT2D eigenvalue weighted by Crippen LogP contribution is -2.41. The quantitative estimate of drug-likeness (QED) is 0.537. The Bertz CT molecular complexity index is 537. The van der Waals surface area contributed by atoms with Gasteiger partial charge in [0, 0.05) is 12.1 Å². The van der Waals surface area contributed by atoms with Crippen LogP contribution in [-0.2, 0) is 16.7 Å². The molecule has 0 atom stereocenters. The normalized spacial score (nSPS) is 15.4. The maximum Gasteiger partial charge on any atom is 0.271 e. The molecule has 0 aliphatic heterocycles. The summed E-state index contributed by atoms with van der Waals surface area (Å²) in [6, 6.07) is 1.85. The van der Waals surface area contributed by atoms with Crippen molar-refractivity contribution >= 4 is 16.0 Å². The number of aromatic nitrogens is 2. The Balaban J connectivity index is 1.94. The smallest absolute Gasteiger partial charge is 0.271 e. The van der Waals surface area contributed by atoms with Gasteiger partial charge in [0.25, 0.3) is 16.0 Å². The van der Waals surface area contributed by atoms with Crippen molar-refractivity contribution in [1.82, 2.24) is 10.4 Å². The predicted octanol–water partition coefficient (Wildman–Crippen LogP) is -0.851. The van der Waals surface area contributed by atoms with Crippen LogP contribution in [-0.4, -0.2) is 35.8 Å². The Morgan fingerprint density at radius 3 is 2.78 bits per heavy atom. The molecule has 1 fully saturated rings. The first kappa shape index (κ1) is 12.9. The van der Waals surface area contributed by atoms with Crippen LogP contribution in [0.5, 0.6) is 0 Å². The van der Waals surface area contributed by atoms with E-state index in [0.717, 1.165) is 12.8 Å². The molecule has 2 N–H and O–H groups in total. The second kappa shape index (κ2) is 4.99. The first-order valence-corrected chi connectivity index (χ1v) is 7.17. The van der Waals surface area contributed by atoms with Gasteiger partial charge in [0.1, 0.15) is 11.9 Å². The zero-order valence-electron chi connectivity index (χ0n) is 9.61. The molecular weight excluding hydrogens is 258 g/mol. The van der Waals surface area contributed by atoms with E-state index in [1.807, 2.05) is 0 Å². The van der Waals surface area contributed by atoms with Gasteiger partial charge in [0.2, 0.25) is 0 Å². The highest BCUT2D eigenvalue weighted by Gasteiger charge is 2.24. The molecule has 1 heterocycles. The van der Waals surface area contributed by atoms with Crippen molar-refractivity contribution in [2.75, 3.05) is 5.75 Å². The van der Waals surface area contributed by atoms with Crippen LogP contribution in [0, 0.1) is 0 Å². The lowest BCUT2D eigenvalue weighted by atomic mass is 10.3. The van der Waals surface area contributed by atoms with Crippen LogP contribution in [0.4, 0.5) is 0 Å². The van der Waals surface area contributed by atoms with Gasteiger partial charge in [-0.1, -0.05) is 4.68 Å². The van der Waals surface area contributed by atoms with Gasteiger partial charge in [0.05, 0.1) is 5.56 Å². The van der Waals surface area contributed by atoms with Crippen molar-refractivity contribution in [3.8, 4) is 0 Å². The molecule has 1 aromatic heterocycles. The molecule has 0 saturated heterocycles. The largest absolute Gasteiger partial charge is 0.349 e. The fourth-order valence-electron chi connectivity index (χ4n) is 1.36. The van der Waals surface area contributed by atoms with Gasteiger partial charge >= 0.3 is 0 Å². The number of carbonyl (C=O) groups is 1. The molecule has 1 saturated carbocycles. The Hall–Kier alpha value is -1.54.